The minimum atomic E-state index is -4.51. The van der Waals surface area contributed by atoms with Crippen LogP contribution in [0, 0.1) is 0 Å². The summed E-state index contributed by atoms with van der Waals surface area (Å²) >= 11 is 0. The maximum atomic E-state index is 14.0. The van der Waals surface area contributed by atoms with Gasteiger partial charge in [0.15, 0.2) is 0 Å². The van der Waals surface area contributed by atoms with Crippen molar-refractivity contribution in [1.29, 1.82) is 0 Å². The largest absolute Gasteiger partial charge is 0.418 e. The Bertz CT molecular complexity index is 2090. The van der Waals surface area contributed by atoms with Gasteiger partial charge in [0, 0.05) is 40.9 Å². The second-order valence-electron chi connectivity index (χ2n) is 11.6. The first-order valence-corrected chi connectivity index (χ1v) is 15.8. The van der Waals surface area contributed by atoms with Gasteiger partial charge in [-0.05, 0) is 88.8 Å². The van der Waals surface area contributed by atoms with Crippen molar-refractivity contribution in [1.82, 2.24) is 4.98 Å². The van der Waals surface area contributed by atoms with E-state index >= 15 is 0 Å². The van der Waals surface area contributed by atoms with E-state index < -0.39 is 11.7 Å². The summed E-state index contributed by atoms with van der Waals surface area (Å²) in [7, 11) is 0. The van der Waals surface area contributed by atoms with Gasteiger partial charge < -0.3 is 10.2 Å². The number of nitrogens with zero attached hydrogens (tertiary/aromatic N) is 2. The standard InChI is InChI=1S/C42H32F3N3/c43-42(44,45)39-21-11-20-38-40(33(29-47-41(38)39)26-30-12-4-1-5-13-30)32-14-10-15-34(27-32)46-28-31-22-24-37(25-23-31)48(35-16-6-2-7-17-35)36-18-8-3-9-19-36/h1-25,27,29,46H,26,28H2. The second kappa shape index (κ2) is 13.5. The number of halogens is 3. The molecule has 0 bridgehead atoms. The molecule has 1 aromatic heterocycles. The van der Waals surface area contributed by atoms with Crippen molar-refractivity contribution in [2.75, 3.05) is 10.2 Å². The van der Waals surface area contributed by atoms with Crippen molar-refractivity contribution in [3.05, 3.63) is 186 Å². The highest BCUT2D eigenvalue weighted by atomic mass is 19.4. The van der Waals surface area contributed by atoms with E-state index in [4.69, 9.17) is 0 Å². The van der Waals surface area contributed by atoms with Crippen molar-refractivity contribution in [2.45, 2.75) is 19.1 Å². The fourth-order valence-corrected chi connectivity index (χ4v) is 6.14. The molecule has 1 heterocycles. The van der Waals surface area contributed by atoms with E-state index in [0.29, 0.717) is 18.4 Å². The summed E-state index contributed by atoms with van der Waals surface area (Å²) in [5, 5.41) is 4.01. The van der Waals surface area contributed by atoms with Gasteiger partial charge in [-0.1, -0.05) is 103 Å². The first-order chi connectivity index (χ1) is 23.4. The minimum absolute atomic E-state index is 0.0460. The Hall–Kier alpha value is -5.88. The predicted molar refractivity (Wildman–Crippen MR) is 190 cm³/mol. The Morgan fingerprint density at radius 3 is 1.83 bits per heavy atom. The Morgan fingerprint density at radius 1 is 0.583 bits per heavy atom. The van der Waals surface area contributed by atoms with E-state index in [0.717, 1.165) is 56.6 Å². The molecule has 0 radical (unpaired) electrons. The van der Waals surface area contributed by atoms with Crippen LogP contribution in [0.4, 0.5) is 35.9 Å². The summed E-state index contributed by atoms with van der Waals surface area (Å²) < 4.78 is 42.0. The maximum Gasteiger partial charge on any atom is 0.418 e. The number of hydrogen-bond donors (Lipinski definition) is 1. The molecule has 0 spiro atoms. The van der Waals surface area contributed by atoms with Crippen molar-refractivity contribution in [2.24, 2.45) is 0 Å². The average Bonchev–Trinajstić information content (AvgIpc) is 3.12. The highest BCUT2D eigenvalue weighted by molar-refractivity contribution is 5.98. The molecule has 6 aromatic carbocycles. The predicted octanol–water partition coefficient (Wildman–Crippen LogP) is 11.6. The highest BCUT2D eigenvalue weighted by Crippen LogP contribution is 2.40. The summed E-state index contributed by atoms with van der Waals surface area (Å²) in [6.45, 7) is 0.576. The molecule has 0 aliphatic rings. The van der Waals surface area contributed by atoms with Crippen LogP contribution in [0.1, 0.15) is 22.3 Å². The van der Waals surface area contributed by atoms with Crippen LogP contribution < -0.4 is 10.2 Å². The van der Waals surface area contributed by atoms with Gasteiger partial charge in [-0.15, -0.1) is 0 Å². The SMILES string of the molecule is FC(F)(F)c1cccc2c(-c3cccc(NCc4ccc(N(c5ccccc5)c5ccccc5)cc4)c3)c(Cc3ccccc3)cnc12. The maximum absolute atomic E-state index is 14.0. The number of nitrogens with one attached hydrogen (secondary N) is 1. The fourth-order valence-electron chi connectivity index (χ4n) is 6.14. The van der Waals surface area contributed by atoms with Crippen LogP contribution in [0.5, 0.6) is 0 Å². The van der Waals surface area contributed by atoms with Gasteiger partial charge in [0.25, 0.3) is 0 Å². The van der Waals surface area contributed by atoms with E-state index in [1.54, 1.807) is 12.3 Å². The van der Waals surface area contributed by atoms with Crippen molar-refractivity contribution in [3.63, 3.8) is 0 Å². The lowest BCUT2D eigenvalue weighted by atomic mass is 9.91. The number of rotatable bonds is 9. The molecule has 0 aliphatic carbocycles. The minimum Gasteiger partial charge on any atom is -0.381 e. The Morgan fingerprint density at radius 2 is 1.19 bits per heavy atom. The zero-order valence-corrected chi connectivity index (χ0v) is 26.0. The highest BCUT2D eigenvalue weighted by Gasteiger charge is 2.33. The molecule has 0 fully saturated rings. The van der Waals surface area contributed by atoms with Gasteiger partial charge in [-0.2, -0.15) is 13.2 Å². The smallest absolute Gasteiger partial charge is 0.381 e. The van der Waals surface area contributed by atoms with Crippen LogP contribution in [0.25, 0.3) is 22.0 Å². The van der Waals surface area contributed by atoms with Crippen LogP contribution >= 0.6 is 0 Å². The first-order valence-electron chi connectivity index (χ1n) is 15.8. The molecular formula is C42H32F3N3. The number of para-hydroxylation sites is 3. The lowest BCUT2D eigenvalue weighted by Crippen LogP contribution is -2.10. The summed E-state index contributed by atoms with van der Waals surface area (Å²) in [6, 6.07) is 51.0. The topological polar surface area (TPSA) is 28.2 Å². The molecule has 0 atom stereocenters. The van der Waals surface area contributed by atoms with Crippen LogP contribution in [-0.4, -0.2) is 4.98 Å². The number of alkyl halides is 3. The molecule has 0 amide bonds. The molecule has 236 valence electrons. The van der Waals surface area contributed by atoms with E-state index in [-0.39, 0.29) is 5.52 Å². The molecule has 0 saturated heterocycles. The molecular weight excluding hydrogens is 603 g/mol. The molecule has 7 aromatic rings. The monoisotopic (exact) mass is 635 g/mol. The lowest BCUT2D eigenvalue weighted by molar-refractivity contribution is -0.136. The van der Waals surface area contributed by atoms with E-state index in [9.17, 15) is 13.2 Å². The van der Waals surface area contributed by atoms with Gasteiger partial charge in [-0.3, -0.25) is 4.98 Å². The first kappa shape index (κ1) is 30.8. The Kier molecular flexibility index (Phi) is 8.63. The molecule has 3 nitrogen and oxygen atoms in total. The number of aromatic nitrogens is 1. The number of benzene rings is 6. The lowest BCUT2D eigenvalue weighted by Gasteiger charge is -2.25. The van der Waals surface area contributed by atoms with Gasteiger partial charge in [0.2, 0.25) is 0 Å². The van der Waals surface area contributed by atoms with Crippen LogP contribution in [0.15, 0.2) is 164 Å². The van der Waals surface area contributed by atoms with Gasteiger partial charge in [-0.25, -0.2) is 0 Å². The van der Waals surface area contributed by atoms with E-state index in [1.165, 1.54) is 6.07 Å². The quantitative estimate of drug-likeness (QED) is 0.171. The molecule has 0 unspecified atom stereocenters. The summed E-state index contributed by atoms with van der Waals surface area (Å²) in [4.78, 5) is 6.57. The van der Waals surface area contributed by atoms with Gasteiger partial charge in [0.05, 0.1) is 11.1 Å². The molecule has 6 heteroatoms. The third kappa shape index (κ3) is 6.65. The van der Waals surface area contributed by atoms with Crippen molar-refractivity contribution >= 4 is 33.7 Å². The summed E-state index contributed by atoms with van der Waals surface area (Å²) in [5.41, 5.74) is 7.89. The normalized spacial score (nSPS) is 11.4. The zero-order chi connectivity index (χ0) is 32.9. The number of anilines is 4. The summed E-state index contributed by atoms with van der Waals surface area (Å²) in [5.74, 6) is 0. The van der Waals surface area contributed by atoms with Crippen molar-refractivity contribution < 1.29 is 13.2 Å². The van der Waals surface area contributed by atoms with E-state index in [2.05, 4.69) is 63.7 Å². The third-order valence-corrected chi connectivity index (χ3v) is 8.39. The Labute approximate surface area is 278 Å². The fraction of sp³-hybridized carbons (Fsp3) is 0.0714. The zero-order valence-electron chi connectivity index (χ0n) is 26.0. The third-order valence-electron chi connectivity index (χ3n) is 8.39. The molecule has 0 saturated carbocycles. The number of pyridine rings is 1. The molecule has 7 rings (SSSR count). The van der Waals surface area contributed by atoms with Gasteiger partial charge in [0.1, 0.15) is 0 Å². The molecule has 0 aliphatic heterocycles. The number of fused-ring (bicyclic) bond motifs is 1. The molecule has 1 N–H and O–H groups in total. The molecule has 48 heavy (non-hydrogen) atoms. The number of hydrogen-bond acceptors (Lipinski definition) is 3. The Balaban J connectivity index is 1.18. The van der Waals surface area contributed by atoms with E-state index in [1.807, 2.05) is 91.0 Å². The van der Waals surface area contributed by atoms with Crippen LogP contribution in [0.2, 0.25) is 0 Å². The van der Waals surface area contributed by atoms with Crippen LogP contribution in [0.3, 0.4) is 0 Å². The van der Waals surface area contributed by atoms with Crippen LogP contribution in [-0.2, 0) is 19.1 Å². The second-order valence-corrected chi connectivity index (χ2v) is 11.6. The van der Waals surface area contributed by atoms with Crippen molar-refractivity contribution in [3.8, 4) is 11.1 Å². The van der Waals surface area contributed by atoms with Gasteiger partial charge >= 0.3 is 6.18 Å². The summed E-state index contributed by atoms with van der Waals surface area (Å²) in [6.07, 6.45) is -2.37. The average molecular weight is 636 g/mol.